The highest BCUT2D eigenvalue weighted by molar-refractivity contribution is 6.69. The average molecular weight is 229 g/mol. The topological polar surface area (TPSA) is 38.3 Å². The summed E-state index contributed by atoms with van der Waals surface area (Å²) in [7, 11) is -1.39. The minimum Gasteiger partial charge on any atom is -0.415 e. The van der Waals surface area contributed by atoms with Crippen molar-refractivity contribution in [3.63, 3.8) is 0 Å². The molecule has 0 aromatic carbocycles. The molecule has 0 aliphatic heterocycles. The molecule has 0 aromatic rings. The number of amides is 1. The fraction of sp³-hybridized carbons (Fsp3) is 0.909. The minimum atomic E-state index is -1.39. The first-order valence-electron chi connectivity index (χ1n) is 5.82. The van der Waals surface area contributed by atoms with E-state index in [-0.39, 0.29) is 5.91 Å². The standard InChI is InChI=1S/C11H23NO2Si/c1-9(13)12-10-5-7-11(8-6-10)14-15(2,3)4/h10-11H,5-8H2,1-4H3,(H,12,13). The maximum absolute atomic E-state index is 10.9. The van der Waals surface area contributed by atoms with Gasteiger partial charge in [0.05, 0.1) is 0 Å². The van der Waals surface area contributed by atoms with Gasteiger partial charge in [-0.25, -0.2) is 0 Å². The van der Waals surface area contributed by atoms with Gasteiger partial charge in [-0.1, -0.05) is 0 Å². The summed E-state index contributed by atoms with van der Waals surface area (Å²) >= 11 is 0. The SMILES string of the molecule is CC(=O)NC1CCC(O[Si](C)(C)C)CC1. The highest BCUT2D eigenvalue weighted by Crippen LogP contribution is 2.23. The molecule has 1 aliphatic carbocycles. The van der Waals surface area contributed by atoms with Crippen LogP contribution in [0.15, 0.2) is 0 Å². The Hall–Kier alpha value is -0.353. The Balaban J connectivity index is 2.27. The maximum atomic E-state index is 10.9. The molecule has 88 valence electrons. The van der Waals surface area contributed by atoms with E-state index >= 15 is 0 Å². The smallest absolute Gasteiger partial charge is 0.217 e. The molecule has 4 heteroatoms. The van der Waals surface area contributed by atoms with E-state index in [1.54, 1.807) is 6.92 Å². The van der Waals surface area contributed by atoms with Gasteiger partial charge in [0.2, 0.25) is 5.91 Å². The van der Waals surface area contributed by atoms with Crippen LogP contribution in [0.1, 0.15) is 32.6 Å². The van der Waals surface area contributed by atoms with Crippen molar-refractivity contribution < 1.29 is 9.22 Å². The zero-order chi connectivity index (χ0) is 11.5. The molecule has 3 nitrogen and oxygen atoms in total. The quantitative estimate of drug-likeness (QED) is 0.754. The van der Waals surface area contributed by atoms with Crippen LogP contribution in [0.2, 0.25) is 19.6 Å². The Morgan fingerprint density at radius 3 is 2.13 bits per heavy atom. The van der Waals surface area contributed by atoms with Gasteiger partial charge in [-0.3, -0.25) is 4.79 Å². The molecular formula is C11H23NO2Si. The van der Waals surface area contributed by atoms with Gasteiger partial charge >= 0.3 is 0 Å². The molecule has 0 unspecified atom stereocenters. The van der Waals surface area contributed by atoms with E-state index in [2.05, 4.69) is 25.0 Å². The van der Waals surface area contributed by atoms with E-state index in [0.29, 0.717) is 12.1 Å². The molecule has 0 atom stereocenters. The number of hydrogen-bond donors (Lipinski definition) is 1. The van der Waals surface area contributed by atoms with Crippen molar-refractivity contribution in [2.45, 2.75) is 64.4 Å². The van der Waals surface area contributed by atoms with Gasteiger partial charge in [0, 0.05) is 19.1 Å². The van der Waals surface area contributed by atoms with Crippen LogP contribution in [-0.2, 0) is 9.22 Å². The van der Waals surface area contributed by atoms with Crippen LogP contribution in [0.3, 0.4) is 0 Å². The second kappa shape index (κ2) is 5.12. The summed E-state index contributed by atoms with van der Waals surface area (Å²) < 4.78 is 6.06. The number of carbonyl (C=O) groups is 1. The van der Waals surface area contributed by atoms with Crippen molar-refractivity contribution in [3.8, 4) is 0 Å². The molecule has 1 amide bonds. The summed E-state index contributed by atoms with van der Waals surface area (Å²) in [6, 6.07) is 0.379. The molecule has 1 aliphatic rings. The summed E-state index contributed by atoms with van der Waals surface area (Å²) in [5.41, 5.74) is 0. The summed E-state index contributed by atoms with van der Waals surface area (Å²) in [5.74, 6) is 0.0876. The molecule has 0 bridgehead atoms. The van der Waals surface area contributed by atoms with Crippen molar-refractivity contribution >= 4 is 14.2 Å². The number of rotatable bonds is 3. The van der Waals surface area contributed by atoms with Crippen molar-refractivity contribution in [3.05, 3.63) is 0 Å². The van der Waals surface area contributed by atoms with Gasteiger partial charge in [0.15, 0.2) is 8.32 Å². The third-order valence-electron chi connectivity index (χ3n) is 2.60. The van der Waals surface area contributed by atoms with E-state index in [1.807, 2.05) is 0 Å². The molecule has 1 N–H and O–H groups in total. The number of carbonyl (C=O) groups excluding carboxylic acids is 1. The molecule has 0 radical (unpaired) electrons. The Morgan fingerprint density at radius 2 is 1.73 bits per heavy atom. The van der Waals surface area contributed by atoms with E-state index in [4.69, 9.17) is 4.43 Å². The Bertz CT molecular complexity index is 217. The molecule has 0 saturated heterocycles. The lowest BCUT2D eigenvalue weighted by molar-refractivity contribution is -0.120. The first-order valence-corrected chi connectivity index (χ1v) is 9.22. The van der Waals surface area contributed by atoms with Crippen LogP contribution in [0, 0.1) is 0 Å². The van der Waals surface area contributed by atoms with Crippen molar-refractivity contribution in [1.82, 2.24) is 5.32 Å². The predicted molar refractivity (Wildman–Crippen MR) is 64.3 cm³/mol. The van der Waals surface area contributed by atoms with Crippen molar-refractivity contribution in [2.75, 3.05) is 0 Å². The minimum absolute atomic E-state index is 0.0876. The van der Waals surface area contributed by atoms with Gasteiger partial charge in [-0.05, 0) is 45.3 Å². The van der Waals surface area contributed by atoms with Gasteiger partial charge in [-0.2, -0.15) is 0 Å². The summed E-state index contributed by atoms with van der Waals surface area (Å²) in [6.45, 7) is 8.28. The first-order chi connectivity index (χ1) is 6.87. The van der Waals surface area contributed by atoms with Gasteiger partial charge < -0.3 is 9.74 Å². The third kappa shape index (κ3) is 5.32. The lowest BCUT2D eigenvalue weighted by Crippen LogP contribution is -2.40. The van der Waals surface area contributed by atoms with Crippen LogP contribution >= 0.6 is 0 Å². The van der Waals surface area contributed by atoms with Crippen molar-refractivity contribution in [2.24, 2.45) is 0 Å². The fourth-order valence-corrected chi connectivity index (χ4v) is 3.35. The zero-order valence-electron chi connectivity index (χ0n) is 10.3. The van der Waals surface area contributed by atoms with Crippen LogP contribution in [0.5, 0.6) is 0 Å². The molecule has 15 heavy (non-hydrogen) atoms. The highest BCUT2D eigenvalue weighted by Gasteiger charge is 2.26. The molecule has 0 aromatic heterocycles. The summed E-state index contributed by atoms with van der Waals surface area (Å²) in [5, 5.41) is 2.98. The average Bonchev–Trinajstić information content (AvgIpc) is 2.05. The molecular weight excluding hydrogens is 206 g/mol. The van der Waals surface area contributed by atoms with Crippen LogP contribution < -0.4 is 5.32 Å². The second-order valence-electron chi connectivity index (χ2n) is 5.40. The predicted octanol–water partition coefficient (Wildman–Crippen LogP) is 2.29. The molecule has 1 saturated carbocycles. The number of hydrogen-bond acceptors (Lipinski definition) is 2. The fourth-order valence-electron chi connectivity index (χ4n) is 2.11. The van der Waals surface area contributed by atoms with E-state index in [0.717, 1.165) is 25.7 Å². The molecule has 0 heterocycles. The molecule has 0 spiro atoms. The monoisotopic (exact) mass is 229 g/mol. The highest BCUT2D eigenvalue weighted by atomic mass is 28.4. The lowest BCUT2D eigenvalue weighted by Gasteiger charge is -2.33. The maximum Gasteiger partial charge on any atom is 0.217 e. The van der Waals surface area contributed by atoms with E-state index in [1.165, 1.54) is 0 Å². The summed E-state index contributed by atoms with van der Waals surface area (Å²) in [4.78, 5) is 10.9. The third-order valence-corrected chi connectivity index (χ3v) is 3.64. The van der Waals surface area contributed by atoms with Gasteiger partial charge in [0.25, 0.3) is 0 Å². The van der Waals surface area contributed by atoms with E-state index in [9.17, 15) is 4.79 Å². The Labute approximate surface area is 93.7 Å². The van der Waals surface area contributed by atoms with Crippen LogP contribution in [-0.4, -0.2) is 26.4 Å². The van der Waals surface area contributed by atoms with Gasteiger partial charge in [-0.15, -0.1) is 0 Å². The van der Waals surface area contributed by atoms with Crippen LogP contribution in [0.25, 0.3) is 0 Å². The van der Waals surface area contributed by atoms with E-state index < -0.39 is 8.32 Å². The number of nitrogens with one attached hydrogen (secondary N) is 1. The molecule has 1 fully saturated rings. The lowest BCUT2D eigenvalue weighted by atomic mass is 9.93. The Morgan fingerprint density at radius 1 is 1.20 bits per heavy atom. The first kappa shape index (κ1) is 12.7. The summed E-state index contributed by atoms with van der Waals surface area (Å²) in [6.07, 6.45) is 4.75. The van der Waals surface area contributed by atoms with Gasteiger partial charge in [0.1, 0.15) is 0 Å². The largest absolute Gasteiger partial charge is 0.415 e. The second-order valence-corrected chi connectivity index (χ2v) is 9.86. The zero-order valence-corrected chi connectivity index (χ0v) is 11.3. The van der Waals surface area contributed by atoms with Crippen LogP contribution in [0.4, 0.5) is 0 Å². The normalized spacial score (nSPS) is 27.5. The molecule has 1 rings (SSSR count). The van der Waals surface area contributed by atoms with Crippen molar-refractivity contribution in [1.29, 1.82) is 0 Å². The Kier molecular flexibility index (Phi) is 4.34.